The van der Waals surface area contributed by atoms with Crippen molar-refractivity contribution in [1.29, 1.82) is 0 Å². The van der Waals surface area contributed by atoms with Crippen LogP contribution in [0, 0.1) is 5.82 Å². The summed E-state index contributed by atoms with van der Waals surface area (Å²) in [7, 11) is -2.85. The normalized spacial score (nSPS) is 10.9. The van der Waals surface area contributed by atoms with Gasteiger partial charge in [-0.25, -0.2) is 12.8 Å². The number of nitrogens with zero attached hydrogens (tertiary/aromatic N) is 1. The molecule has 0 fully saturated rings. The summed E-state index contributed by atoms with van der Waals surface area (Å²) in [6.07, 6.45) is 0. The molecule has 0 saturated heterocycles. The van der Waals surface area contributed by atoms with Crippen LogP contribution in [0.2, 0.25) is 0 Å². The van der Waals surface area contributed by atoms with E-state index in [4.69, 9.17) is 0 Å². The van der Waals surface area contributed by atoms with Crippen LogP contribution in [0.3, 0.4) is 0 Å². The van der Waals surface area contributed by atoms with Gasteiger partial charge in [-0.15, -0.1) is 0 Å². The molecule has 0 aliphatic heterocycles. The Hall–Kier alpha value is -3.72. The Morgan fingerprint density at radius 3 is 2.19 bits per heavy atom. The summed E-state index contributed by atoms with van der Waals surface area (Å²) in [5, 5.41) is 5.28. The summed E-state index contributed by atoms with van der Waals surface area (Å²) in [6.45, 7) is 1.37. The molecule has 0 aliphatic carbocycles. The van der Waals surface area contributed by atoms with Gasteiger partial charge in [-0.05, 0) is 48.5 Å². The molecule has 2 amide bonds. The summed E-state index contributed by atoms with van der Waals surface area (Å²) in [6, 6.07) is 17.5. The lowest BCUT2D eigenvalue weighted by Crippen LogP contribution is -2.27. The number of benzene rings is 3. The van der Waals surface area contributed by atoms with E-state index >= 15 is 0 Å². The molecule has 160 valence electrons. The molecule has 9 heteroatoms. The molecule has 0 aliphatic rings. The molecule has 0 radical (unpaired) electrons. The van der Waals surface area contributed by atoms with E-state index in [-0.39, 0.29) is 22.1 Å². The highest BCUT2D eigenvalue weighted by molar-refractivity contribution is 7.92. The van der Waals surface area contributed by atoms with Crippen molar-refractivity contribution in [3.05, 3.63) is 84.2 Å². The molecule has 0 spiro atoms. The van der Waals surface area contributed by atoms with Crippen molar-refractivity contribution in [3.63, 3.8) is 0 Å². The predicted molar refractivity (Wildman–Crippen MR) is 117 cm³/mol. The summed E-state index contributed by atoms with van der Waals surface area (Å²) in [5.41, 5.74) is 0.932. The number of sulfonamides is 1. The van der Waals surface area contributed by atoms with E-state index in [0.717, 1.165) is 4.31 Å². The highest BCUT2D eigenvalue weighted by Crippen LogP contribution is 2.25. The van der Waals surface area contributed by atoms with E-state index < -0.39 is 21.7 Å². The van der Waals surface area contributed by atoms with Crippen molar-refractivity contribution in [3.8, 4) is 0 Å². The lowest BCUT2D eigenvalue weighted by Gasteiger charge is -2.20. The van der Waals surface area contributed by atoms with Crippen molar-refractivity contribution in [2.75, 3.05) is 22.0 Å². The van der Waals surface area contributed by atoms with Gasteiger partial charge in [-0.2, -0.15) is 0 Å². The number of carbonyl (C=O) groups is 2. The number of halogens is 1. The van der Waals surface area contributed by atoms with Crippen molar-refractivity contribution in [1.82, 2.24) is 0 Å². The van der Waals surface area contributed by atoms with Crippen LogP contribution in [0.5, 0.6) is 0 Å². The minimum atomic E-state index is -4.10. The first-order valence-electron chi connectivity index (χ1n) is 9.21. The van der Waals surface area contributed by atoms with Crippen LogP contribution >= 0.6 is 0 Å². The van der Waals surface area contributed by atoms with Crippen molar-refractivity contribution >= 4 is 38.9 Å². The first-order valence-corrected chi connectivity index (χ1v) is 10.6. The minimum Gasteiger partial charge on any atom is -0.326 e. The first kappa shape index (κ1) is 22.0. The van der Waals surface area contributed by atoms with Crippen LogP contribution < -0.4 is 14.9 Å². The smallest absolute Gasteiger partial charge is 0.264 e. The molecule has 0 heterocycles. The largest absolute Gasteiger partial charge is 0.326 e. The third kappa shape index (κ3) is 5.07. The van der Waals surface area contributed by atoms with Crippen LogP contribution in [0.25, 0.3) is 0 Å². The Morgan fingerprint density at radius 2 is 1.52 bits per heavy atom. The highest BCUT2D eigenvalue weighted by atomic mass is 32.2. The molecule has 3 aromatic rings. The molecule has 0 unspecified atom stereocenters. The molecule has 0 aromatic heterocycles. The van der Waals surface area contributed by atoms with Crippen LogP contribution in [0.1, 0.15) is 17.3 Å². The predicted octanol–water partition coefficient (Wildman–Crippen LogP) is 3.86. The number of hydrogen-bond acceptors (Lipinski definition) is 4. The van der Waals surface area contributed by atoms with Crippen molar-refractivity contribution in [2.45, 2.75) is 11.8 Å². The van der Waals surface area contributed by atoms with E-state index in [1.54, 1.807) is 24.3 Å². The summed E-state index contributed by atoms with van der Waals surface area (Å²) < 4.78 is 40.8. The second-order valence-corrected chi connectivity index (χ2v) is 8.64. The maximum atomic E-state index is 14.1. The lowest BCUT2D eigenvalue weighted by atomic mass is 10.2. The number of hydrogen-bond donors (Lipinski definition) is 2. The van der Waals surface area contributed by atoms with E-state index in [0.29, 0.717) is 11.4 Å². The van der Waals surface area contributed by atoms with Gasteiger partial charge in [0.25, 0.3) is 15.9 Å². The Kier molecular flexibility index (Phi) is 6.36. The number of para-hydroxylation sites is 1. The van der Waals surface area contributed by atoms with Crippen LogP contribution in [-0.4, -0.2) is 27.3 Å². The fourth-order valence-electron chi connectivity index (χ4n) is 2.87. The van der Waals surface area contributed by atoms with Gasteiger partial charge in [-0.1, -0.05) is 24.3 Å². The molecule has 0 atom stereocenters. The topological polar surface area (TPSA) is 95.6 Å². The second-order valence-electron chi connectivity index (χ2n) is 6.67. The van der Waals surface area contributed by atoms with Crippen molar-refractivity contribution < 1.29 is 22.4 Å². The minimum absolute atomic E-state index is 0.104. The molecular weight excluding hydrogens is 421 g/mol. The molecule has 31 heavy (non-hydrogen) atoms. The number of carbonyl (C=O) groups excluding carboxylic acids is 2. The van der Waals surface area contributed by atoms with Gasteiger partial charge in [0.2, 0.25) is 5.91 Å². The molecule has 2 N–H and O–H groups in total. The van der Waals surface area contributed by atoms with E-state index in [1.807, 2.05) is 0 Å². The Balaban J connectivity index is 1.85. The molecule has 3 aromatic carbocycles. The van der Waals surface area contributed by atoms with Gasteiger partial charge in [0.15, 0.2) is 0 Å². The quantitative estimate of drug-likeness (QED) is 0.607. The fraction of sp³-hybridized carbons (Fsp3) is 0.0909. The average molecular weight is 441 g/mol. The zero-order valence-corrected chi connectivity index (χ0v) is 17.6. The number of anilines is 3. The zero-order valence-electron chi connectivity index (χ0n) is 16.8. The van der Waals surface area contributed by atoms with Crippen LogP contribution in [-0.2, 0) is 14.8 Å². The molecule has 0 bridgehead atoms. The zero-order chi connectivity index (χ0) is 22.6. The SMILES string of the molecule is CC(=O)Nc1cccc(NC(=O)c2cccc(S(=O)(=O)N(C)c3ccccc3F)c2)c1. The van der Waals surface area contributed by atoms with Gasteiger partial charge < -0.3 is 10.6 Å². The van der Waals surface area contributed by atoms with Gasteiger partial charge >= 0.3 is 0 Å². The fourth-order valence-corrected chi connectivity index (χ4v) is 4.12. The lowest BCUT2D eigenvalue weighted by molar-refractivity contribution is -0.114. The Bertz CT molecular complexity index is 1240. The summed E-state index contributed by atoms with van der Waals surface area (Å²) >= 11 is 0. The number of rotatable bonds is 6. The van der Waals surface area contributed by atoms with Gasteiger partial charge in [0, 0.05) is 30.9 Å². The maximum absolute atomic E-state index is 14.1. The molecule has 3 rings (SSSR count). The van der Waals surface area contributed by atoms with Gasteiger partial charge in [0.1, 0.15) is 5.82 Å². The first-order chi connectivity index (χ1) is 14.7. The number of amides is 2. The maximum Gasteiger partial charge on any atom is 0.264 e. The second kappa shape index (κ2) is 8.97. The van der Waals surface area contributed by atoms with Gasteiger partial charge in [0.05, 0.1) is 10.6 Å². The van der Waals surface area contributed by atoms with Crippen LogP contribution in [0.4, 0.5) is 21.5 Å². The summed E-state index contributed by atoms with van der Waals surface area (Å²) in [4.78, 5) is 23.7. The van der Waals surface area contributed by atoms with E-state index in [1.165, 1.54) is 62.5 Å². The Labute approximate surface area is 179 Å². The highest BCUT2D eigenvalue weighted by Gasteiger charge is 2.24. The third-order valence-corrected chi connectivity index (χ3v) is 6.15. The Morgan fingerprint density at radius 1 is 0.871 bits per heavy atom. The van der Waals surface area contributed by atoms with Crippen LogP contribution in [0.15, 0.2) is 77.7 Å². The number of nitrogens with one attached hydrogen (secondary N) is 2. The third-order valence-electron chi connectivity index (χ3n) is 4.39. The summed E-state index contributed by atoms with van der Waals surface area (Å²) in [5.74, 6) is -1.47. The average Bonchev–Trinajstić information content (AvgIpc) is 2.73. The van der Waals surface area contributed by atoms with E-state index in [2.05, 4.69) is 10.6 Å². The standard InChI is InChI=1S/C22H20FN3O4S/c1-15(27)24-17-8-6-9-18(14-17)25-22(28)16-7-5-10-19(13-16)31(29,30)26(2)21-12-4-3-11-20(21)23/h3-14H,1-2H3,(H,24,27)(H,25,28). The van der Waals surface area contributed by atoms with Crippen molar-refractivity contribution in [2.24, 2.45) is 0 Å². The molecule has 0 saturated carbocycles. The van der Waals surface area contributed by atoms with Gasteiger partial charge in [-0.3, -0.25) is 13.9 Å². The molecular formula is C22H20FN3O4S. The molecule has 7 nitrogen and oxygen atoms in total. The van der Waals surface area contributed by atoms with E-state index in [9.17, 15) is 22.4 Å². The monoisotopic (exact) mass is 441 g/mol.